The summed E-state index contributed by atoms with van der Waals surface area (Å²) in [6.45, 7) is 1.87. The van der Waals surface area contributed by atoms with E-state index in [0.29, 0.717) is 11.3 Å². The molecule has 1 atom stereocenters. The lowest BCUT2D eigenvalue weighted by Gasteiger charge is -2.18. The van der Waals surface area contributed by atoms with E-state index in [4.69, 9.17) is 5.26 Å². The molecule has 0 saturated carbocycles. The highest BCUT2D eigenvalue weighted by atomic mass is 32.2. The molecule has 1 aromatic carbocycles. The van der Waals surface area contributed by atoms with Gasteiger partial charge in [-0.1, -0.05) is 12.1 Å². The van der Waals surface area contributed by atoms with Gasteiger partial charge in [-0.3, -0.25) is 4.79 Å². The summed E-state index contributed by atoms with van der Waals surface area (Å²) in [6.07, 6.45) is 1.90. The van der Waals surface area contributed by atoms with Gasteiger partial charge in [-0.25, -0.2) is 0 Å². The first-order valence-electron chi connectivity index (χ1n) is 4.53. The predicted molar refractivity (Wildman–Crippen MR) is 60.7 cm³/mol. The molecule has 4 heteroatoms. The maximum absolute atomic E-state index is 11.8. The van der Waals surface area contributed by atoms with Crippen molar-refractivity contribution in [3.05, 3.63) is 29.3 Å². The number of nitriles is 1. The standard InChI is InChI=1S/C11H10N2OS/c1-11(15-2)8-5-3-4-7(6-12)9(8)13-10(11)14/h3-5H,1-2H3,(H,13,14)/t11-/m0/s1. The first kappa shape index (κ1) is 10.1. The van der Waals surface area contributed by atoms with E-state index in [-0.39, 0.29) is 5.91 Å². The highest BCUT2D eigenvalue weighted by Crippen LogP contribution is 2.45. The van der Waals surface area contributed by atoms with Crippen LogP contribution < -0.4 is 5.32 Å². The molecule has 0 unspecified atom stereocenters. The van der Waals surface area contributed by atoms with E-state index in [2.05, 4.69) is 11.4 Å². The third-order valence-corrected chi connectivity index (χ3v) is 4.00. The van der Waals surface area contributed by atoms with Crippen LogP contribution in [0.15, 0.2) is 18.2 Å². The van der Waals surface area contributed by atoms with Crippen molar-refractivity contribution in [3.8, 4) is 6.07 Å². The number of hydrogen-bond donors (Lipinski definition) is 1. The molecular formula is C11H10N2OS. The maximum Gasteiger partial charge on any atom is 0.244 e. The van der Waals surface area contributed by atoms with Crippen molar-refractivity contribution in [3.63, 3.8) is 0 Å². The quantitative estimate of drug-likeness (QED) is 0.785. The van der Waals surface area contributed by atoms with Crippen LogP contribution in [0.3, 0.4) is 0 Å². The smallest absolute Gasteiger partial charge is 0.244 e. The number of amides is 1. The van der Waals surface area contributed by atoms with Gasteiger partial charge in [-0.15, -0.1) is 11.8 Å². The highest BCUT2D eigenvalue weighted by Gasteiger charge is 2.42. The zero-order valence-electron chi connectivity index (χ0n) is 8.50. The van der Waals surface area contributed by atoms with Gasteiger partial charge in [-0.05, 0) is 19.2 Å². The van der Waals surface area contributed by atoms with Crippen molar-refractivity contribution in [2.45, 2.75) is 11.7 Å². The van der Waals surface area contributed by atoms with E-state index < -0.39 is 4.75 Å². The normalized spacial score (nSPS) is 23.1. The molecule has 0 fully saturated rings. The van der Waals surface area contributed by atoms with E-state index >= 15 is 0 Å². The largest absolute Gasteiger partial charge is 0.323 e. The Kier molecular flexibility index (Phi) is 2.20. The number of nitrogens with one attached hydrogen (secondary N) is 1. The fourth-order valence-corrected chi connectivity index (χ4v) is 2.36. The molecule has 3 nitrogen and oxygen atoms in total. The topological polar surface area (TPSA) is 52.9 Å². The number of hydrogen-bond acceptors (Lipinski definition) is 3. The molecule has 1 aromatic rings. The molecule has 1 heterocycles. The first-order valence-corrected chi connectivity index (χ1v) is 5.76. The van der Waals surface area contributed by atoms with E-state index in [9.17, 15) is 4.79 Å². The number of rotatable bonds is 1. The van der Waals surface area contributed by atoms with Crippen LogP contribution in [0, 0.1) is 11.3 Å². The second-order valence-electron chi connectivity index (χ2n) is 3.53. The van der Waals surface area contributed by atoms with Gasteiger partial charge < -0.3 is 5.32 Å². The molecule has 0 aromatic heterocycles. The van der Waals surface area contributed by atoms with Crippen LogP contribution in [0.5, 0.6) is 0 Å². The van der Waals surface area contributed by atoms with Gasteiger partial charge in [0.05, 0.1) is 11.3 Å². The van der Waals surface area contributed by atoms with Crippen molar-refractivity contribution in [2.24, 2.45) is 0 Å². The number of benzene rings is 1. The van der Waals surface area contributed by atoms with E-state index in [1.54, 1.807) is 6.07 Å². The van der Waals surface area contributed by atoms with Crippen LogP contribution in [-0.2, 0) is 9.54 Å². The summed E-state index contributed by atoms with van der Waals surface area (Å²) in [5, 5.41) is 11.7. The minimum atomic E-state index is -0.567. The molecule has 2 rings (SSSR count). The van der Waals surface area contributed by atoms with Crippen LogP contribution >= 0.6 is 11.8 Å². The lowest BCUT2D eigenvalue weighted by molar-refractivity contribution is -0.117. The zero-order chi connectivity index (χ0) is 11.1. The van der Waals surface area contributed by atoms with Crippen LogP contribution in [0.25, 0.3) is 0 Å². The molecule has 0 saturated heterocycles. The van der Waals surface area contributed by atoms with Crippen LogP contribution in [0.2, 0.25) is 0 Å². The summed E-state index contributed by atoms with van der Waals surface area (Å²) in [5.74, 6) is -0.0484. The summed E-state index contributed by atoms with van der Waals surface area (Å²) in [6, 6.07) is 7.50. The van der Waals surface area contributed by atoms with E-state index in [0.717, 1.165) is 5.56 Å². The number of thioether (sulfide) groups is 1. The Morgan fingerprint density at radius 1 is 1.53 bits per heavy atom. The molecule has 0 bridgehead atoms. The number of para-hydroxylation sites is 1. The number of carbonyl (C=O) groups excluding carboxylic acids is 1. The molecule has 1 aliphatic heterocycles. The maximum atomic E-state index is 11.8. The van der Waals surface area contributed by atoms with Crippen molar-refractivity contribution in [1.29, 1.82) is 5.26 Å². The van der Waals surface area contributed by atoms with Gasteiger partial charge >= 0.3 is 0 Å². The molecule has 1 N–H and O–H groups in total. The highest BCUT2D eigenvalue weighted by molar-refractivity contribution is 8.00. The van der Waals surface area contributed by atoms with Crippen LogP contribution in [0.1, 0.15) is 18.1 Å². The van der Waals surface area contributed by atoms with Crippen molar-refractivity contribution in [2.75, 3.05) is 11.6 Å². The van der Waals surface area contributed by atoms with Crippen molar-refractivity contribution >= 4 is 23.4 Å². The molecule has 76 valence electrons. The summed E-state index contributed by atoms with van der Waals surface area (Å²) < 4.78 is -0.567. The second-order valence-corrected chi connectivity index (χ2v) is 4.76. The molecule has 0 radical (unpaired) electrons. The Morgan fingerprint density at radius 3 is 2.87 bits per heavy atom. The van der Waals surface area contributed by atoms with E-state index in [1.165, 1.54) is 11.8 Å². The Labute approximate surface area is 92.5 Å². The number of nitrogens with zero attached hydrogens (tertiary/aromatic N) is 1. The summed E-state index contributed by atoms with van der Waals surface area (Å²) in [4.78, 5) is 11.8. The van der Waals surface area contributed by atoms with Crippen LogP contribution in [-0.4, -0.2) is 12.2 Å². The average molecular weight is 218 g/mol. The monoisotopic (exact) mass is 218 g/mol. The zero-order valence-corrected chi connectivity index (χ0v) is 9.31. The minimum absolute atomic E-state index is 0.0484. The summed E-state index contributed by atoms with van der Waals surface area (Å²) in [7, 11) is 0. The Bertz CT molecular complexity index is 478. The Hall–Kier alpha value is -1.47. The number of anilines is 1. The van der Waals surface area contributed by atoms with Gasteiger partial charge in [0.2, 0.25) is 5.91 Å². The fraction of sp³-hybridized carbons (Fsp3) is 0.273. The van der Waals surface area contributed by atoms with E-state index in [1.807, 2.05) is 25.3 Å². The average Bonchev–Trinajstić information content (AvgIpc) is 2.52. The number of fused-ring (bicyclic) bond motifs is 1. The van der Waals surface area contributed by atoms with Gasteiger partial charge in [0.25, 0.3) is 0 Å². The van der Waals surface area contributed by atoms with Gasteiger partial charge in [0.15, 0.2) is 0 Å². The van der Waals surface area contributed by atoms with Gasteiger partial charge in [-0.2, -0.15) is 5.26 Å². The minimum Gasteiger partial charge on any atom is -0.323 e. The van der Waals surface area contributed by atoms with Crippen molar-refractivity contribution in [1.82, 2.24) is 0 Å². The third-order valence-electron chi connectivity index (χ3n) is 2.78. The molecular weight excluding hydrogens is 208 g/mol. The molecule has 1 aliphatic rings. The SMILES string of the molecule is CS[C@]1(C)C(=O)Nc2c(C#N)cccc21. The first-order chi connectivity index (χ1) is 7.13. The fourth-order valence-electron chi connectivity index (χ4n) is 1.74. The lowest BCUT2D eigenvalue weighted by atomic mass is 10.00. The Morgan fingerprint density at radius 2 is 2.27 bits per heavy atom. The number of carbonyl (C=O) groups is 1. The van der Waals surface area contributed by atoms with Gasteiger partial charge in [0.1, 0.15) is 10.8 Å². The molecule has 15 heavy (non-hydrogen) atoms. The third kappa shape index (κ3) is 1.24. The lowest BCUT2D eigenvalue weighted by Crippen LogP contribution is -2.26. The summed E-state index contributed by atoms with van der Waals surface area (Å²) in [5.41, 5.74) is 2.10. The Balaban J connectivity index is 2.68. The molecule has 1 amide bonds. The van der Waals surface area contributed by atoms with Crippen molar-refractivity contribution < 1.29 is 4.79 Å². The second kappa shape index (κ2) is 3.28. The predicted octanol–water partition coefficient (Wildman–Crippen LogP) is 2.09. The molecule has 0 spiro atoms. The summed E-state index contributed by atoms with van der Waals surface area (Å²) >= 11 is 1.48. The van der Waals surface area contributed by atoms with Crippen LogP contribution in [0.4, 0.5) is 5.69 Å². The molecule has 0 aliphatic carbocycles. The van der Waals surface area contributed by atoms with Gasteiger partial charge in [0, 0.05) is 5.56 Å².